The molecule has 0 bridgehead atoms. The molecule has 1 aliphatic heterocycles. The van der Waals surface area contributed by atoms with E-state index in [9.17, 15) is 14.4 Å². The van der Waals surface area contributed by atoms with Gasteiger partial charge in [-0.2, -0.15) is 0 Å². The number of hydrogen-bond donors (Lipinski definition) is 0. The van der Waals surface area contributed by atoms with E-state index in [-0.39, 0.29) is 41.8 Å². The summed E-state index contributed by atoms with van der Waals surface area (Å²) < 4.78 is 11.1. The second-order valence-electron chi connectivity index (χ2n) is 7.30. The number of esters is 2. The molecular formula is C22H26O5. The number of ketones is 1. The molecule has 1 saturated heterocycles. The fourth-order valence-electron chi connectivity index (χ4n) is 3.92. The highest BCUT2D eigenvalue weighted by molar-refractivity contribution is 5.90. The Morgan fingerprint density at radius 2 is 2.00 bits per heavy atom. The van der Waals surface area contributed by atoms with E-state index in [0.29, 0.717) is 24.8 Å². The van der Waals surface area contributed by atoms with Gasteiger partial charge in [0.2, 0.25) is 0 Å². The van der Waals surface area contributed by atoms with Crippen molar-refractivity contribution in [1.29, 1.82) is 0 Å². The topological polar surface area (TPSA) is 69.7 Å². The Bertz CT molecular complexity index is 709. The van der Waals surface area contributed by atoms with Gasteiger partial charge in [-0.25, -0.2) is 4.79 Å². The normalized spacial score (nSPS) is 26.8. The first-order valence-electron chi connectivity index (χ1n) is 9.75. The van der Waals surface area contributed by atoms with Crippen molar-refractivity contribution in [3.63, 3.8) is 0 Å². The molecule has 0 unspecified atom stereocenters. The van der Waals surface area contributed by atoms with Gasteiger partial charge in [-0.05, 0) is 24.6 Å². The molecule has 2 fully saturated rings. The summed E-state index contributed by atoms with van der Waals surface area (Å²) in [5, 5.41) is 0. The maximum Gasteiger partial charge on any atom is 0.338 e. The van der Waals surface area contributed by atoms with Crippen LogP contribution in [0, 0.1) is 11.8 Å². The van der Waals surface area contributed by atoms with Gasteiger partial charge in [0.15, 0.2) is 5.78 Å². The number of carbonyl (C=O) groups excluding carboxylic acids is 3. The molecule has 144 valence electrons. The zero-order valence-electron chi connectivity index (χ0n) is 15.6. The summed E-state index contributed by atoms with van der Waals surface area (Å²) in [5.74, 6) is -0.745. The first-order chi connectivity index (χ1) is 13.1. The molecule has 1 aromatic rings. The van der Waals surface area contributed by atoms with Crippen LogP contribution in [0.5, 0.6) is 0 Å². The number of ether oxygens (including phenoxy) is 2. The summed E-state index contributed by atoms with van der Waals surface area (Å²) in [7, 11) is 0. The molecule has 0 spiro atoms. The highest BCUT2D eigenvalue weighted by Gasteiger charge is 2.50. The van der Waals surface area contributed by atoms with Crippen molar-refractivity contribution in [3.8, 4) is 0 Å². The Labute approximate surface area is 159 Å². The molecule has 5 heteroatoms. The molecule has 3 rings (SSSR count). The number of allylic oxidation sites excluding steroid dienone is 1. The van der Waals surface area contributed by atoms with Crippen molar-refractivity contribution in [2.24, 2.45) is 11.8 Å². The summed E-state index contributed by atoms with van der Waals surface area (Å²) in [5.41, 5.74) is 0.491. The Kier molecular flexibility index (Phi) is 6.43. The molecule has 1 heterocycles. The lowest BCUT2D eigenvalue weighted by Crippen LogP contribution is -2.24. The zero-order chi connectivity index (χ0) is 19.2. The maximum absolute atomic E-state index is 12.4. The minimum Gasteiger partial charge on any atom is -0.462 e. The van der Waals surface area contributed by atoms with Crippen molar-refractivity contribution < 1.29 is 23.9 Å². The Morgan fingerprint density at radius 1 is 1.22 bits per heavy atom. The lowest BCUT2D eigenvalue weighted by molar-refractivity contribution is -0.141. The fraction of sp³-hybridized carbons (Fsp3) is 0.500. The monoisotopic (exact) mass is 370 g/mol. The lowest BCUT2D eigenvalue weighted by atomic mass is 9.91. The van der Waals surface area contributed by atoms with Gasteiger partial charge in [-0.3, -0.25) is 9.59 Å². The van der Waals surface area contributed by atoms with Gasteiger partial charge in [0.25, 0.3) is 0 Å². The predicted octanol–water partition coefficient (Wildman–Crippen LogP) is 3.87. The summed E-state index contributed by atoms with van der Waals surface area (Å²) in [4.78, 5) is 36.2. The number of hydrogen-bond acceptors (Lipinski definition) is 5. The van der Waals surface area contributed by atoms with Crippen LogP contribution >= 0.6 is 0 Å². The van der Waals surface area contributed by atoms with E-state index in [1.807, 2.05) is 12.1 Å². The van der Waals surface area contributed by atoms with Gasteiger partial charge < -0.3 is 9.47 Å². The van der Waals surface area contributed by atoms with Gasteiger partial charge >= 0.3 is 11.9 Å². The van der Waals surface area contributed by atoms with Gasteiger partial charge in [0.05, 0.1) is 12.0 Å². The fourth-order valence-corrected chi connectivity index (χ4v) is 3.92. The third kappa shape index (κ3) is 4.85. The Hall–Kier alpha value is -2.43. The van der Waals surface area contributed by atoms with E-state index in [1.54, 1.807) is 30.3 Å². The number of unbranched alkanes of at least 4 members (excludes halogenated alkanes) is 2. The second-order valence-corrected chi connectivity index (χ2v) is 7.30. The van der Waals surface area contributed by atoms with Crippen LogP contribution in [0.3, 0.4) is 0 Å². The largest absolute Gasteiger partial charge is 0.462 e. The van der Waals surface area contributed by atoms with Crippen LogP contribution in [0.15, 0.2) is 42.5 Å². The van der Waals surface area contributed by atoms with E-state index >= 15 is 0 Å². The first kappa shape index (κ1) is 19.3. The van der Waals surface area contributed by atoms with Crippen LogP contribution in [0.4, 0.5) is 0 Å². The smallest absolute Gasteiger partial charge is 0.338 e. The van der Waals surface area contributed by atoms with E-state index in [4.69, 9.17) is 9.47 Å². The molecule has 0 amide bonds. The highest BCUT2D eigenvalue weighted by Crippen LogP contribution is 2.43. The Balaban J connectivity index is 1.67. The van der Waals surface area contributed by atoms with Crippen LogP contribution in [-0.4, -0.2) is 29.9 Å². The number of benzene rings is 1. The van der Waals surface area contributed by atoms with Crippen molar-refractivity contribution >= 4 is 17.7 Å². The molecule has 4 atom stereocenters. The number of carbonyl (C=O) groups is 3. The predicted molar refractivity (Wildman–Crippen MR) is 100 cm³/mol. The van der Waals surface area contributed by atoms with Gasteiger partial charge in [0.1, 0.15) is 12.2 Å². The minimum absolute atomic E-state index is 0.0363. The van der Waals surface area contributed by atoms with Crippen LogP contribution in [0.25, 0.3) is 0 Å². The van der Waals surface area contributed by atoms with Crippen molar-refractivity contribution in [1.82, 2.24) is 0 Å². The Morgan fingerprint density at radius 3 is 2.74 bits per heavy atom. The number of rotatable bonds is 8. The summed E-state index contributed by atoms with van der Waals surface area (Å²) in [6.07, 6.45) is 7.08. The van der Waals surface area contributed by atoms with E-state index < -0.39 is 0 Å². The van der Waals surface area contributed by atoms with Gasteiger partial charge in [-0.15, -0.1) is 0 Å². The highest BCUT2D eigenvalue weighted by atomic mass is 16.6. The van der Waals surface area contributed by atoms with Crippen LogP contribution < -0.4 is 0 Å². The van der Waals surface area contributed by atoms with Crippen LogP contribution in [0.2, 0.25) is 0 Å². The third-order valence-corrected chi connectivity index (χ3v) is 5.35. The molecule has 1 aliphatic carbocycles. The van der Waals surface area contributed by atoms with Crippen molar-refractivity contribution in [2.45, 2.75) is 57.7 Å². The van der Waals surface area contributed by atoms with E-state index in [2.05, 4.69) is 6.92 Å². The van der Waals surface area contributed by atoms with Crippen molar-refractivity contribution in [2.75, 3.05) is 0 Å². The van der Waals surface area contributed by atoms with Gasteiger partial charge in [0, 0.05) is 24.7 Å². The molecular weight excluding hydrogens is 344 g/mol. The molecule has 27 heavy (non-hydrogen) atoms. The quantitative estimate of drug-likeness (QED) is 0.395. The summed E-state index contributed by atoms with van der Waals surface area (Å²) in [6, 6.07) is 8.83. The maximum atomic E-state index is 12.4. The van der Waals surface area contributed by atoms with Crippen molar-refractivity contribution in [3.05, 3.63) is 48.0 Å². The standard InChI is InChI=1S/C22H26O5/c1-2-3-5-10-16(23)11-12-17-18-13-21(24)26-20(18)14-19(17)27-22(25)15-8-6-4-7-9-15/h4,6-9,11-12,17-20H,2-3,5,10,13-14H2,1H3/b12-11-/t17-,18+,19+,20+/m0/s1. The molecule has 0 N–H and O–H groups in total. The molecule has 2 aliphatic rings. The molecule has 1 saturated carbocycles. The summed E-state index contributed by atoms with van der Waals surface area (Å²) in [6.45, 7) is 2.10. The summed E-state index contributed by atoms with van der Waals surface area (Å²) >= 11 is 0. The van der Waals surface area contributed by atoms with Crippen LogP contribution in [-0.2, 0) is 19.1 Å². The zero-order valence-corrected chi connectivity index (χ0v) is 15.6. The number of fused-ring (bicyclic) bond motifs is 1. The second kappa shape index (κ2) is 8.98. The average molecular weight is 370 g/mol. The third-order valence-electron chi connectivity index (χ3n) is 5.35. The SMILES string of the molecule is CCCCCC(=O)/C=C\[C@H]1[C@H]2CC(=O)O[C@@H]2C[C@H]1OC(=O)c1ccccc1. The van der Waals surface area contributed by atoms with E-state index in [1.165, 1.54) is 0 Å². The lowest BCUT2D eigenvalue weighted by Gasteiger charge is -2.20. The minimum atomic E-state index is -0.389. The molecule has 5 nitrogen and oxygen atoms in total. The molecule has 0 aromatic heterocycles. The first-order valence-corrected chi connectivity index (χ1v) is 9.75. The molecule has 0 radical (unpaired) electrons. The van der Waals surface area contributed by atoms with E-state index in [0.717, 1.165) is 19.3 Å². The van der Waals surface area contributed by atoms with Gasteiger partial charge in [-0.1, -0.05) is 44.0 Å². The van der Waals surface area contributed by atoms with Crippen LogP contribution in [0.1, 0.15) is 55.8 Å². The molecule has 1 aromatic carbocycles. The average Bonchev–Trinajstić information content (AvgIpc) is 3.16.